The molecular weight excluding hydrogens is 260 g/mol. The molecule has 2 rings (SSSR count). The lowest BCUT2D eigenvalue weighted by Crippen LogP contribution is -2.49. The molecule has 0 amide bonds. The van der Waals surface area contributed by atoms with Gasteiger partial charge in [0.25, 0.3) is 0 Å². The first-order chi connectivity index (χ1) is 10.1. The van der Waals surface area contributed by atoms with E-state index >= 15 is 0 Å². The van der Waals surface area contributed by atoms with E-state index in [1.807, 2.05) is 0 Å². The summed E-state index contributed by atoms with van der Waals surface area (Å²) in [5.41, 5.74) is 8.52. The third kappa shape index (κ3) is 4.45. The molecule has 1 heterocycles. The van der Waals surface area contributed by atoms with Crippen LogP contribution in [0.2, 0.25) is 0 Å². The lowest BCUT2D eigenvalue weighted by Gasteiger charge is -2.40. The summed E-state index contributed by atoms with van der Waals surface area (Å²) in [6, 6.07) is 7.54. The molecule has 2 atom stereocenters. The molecule has 1 fully saturated rings. The molecule has 3 heteroatoms. The number of likely N-dealkylation sites (tertiary alicyclic amines) is 1. The first kappa shape index (κ1) is 16.3. The van der Waals surface area contributed by atoms with E-state index in [1.54, 1.807) is 0 Å². The Kier molecular flexibility index (Phi) is 6.07. The first-order valence-electron chi connectivity index (χ1n) is 8.27. The molecule has 0 aliphatic carbocycles. The van der Waals surface area contributed by atoms with Crippen LogP contribution < -0.4 is 10.5 Å². The standard InChI is InChI=1S/C18H30N2O/c1-14-8-9-18(12-15(14)2)21-11-5-10-20-16(3)6-4-7-17(20)13-19/h8-9,12,16-17H,4-7,10-11,13,19H2,1-3H3. The van der Waals surface area contributed by atoms with Crippen molar-refractivity contribution in [2.24, 2.45) is 5.73 Å². The van der Waals surface area contributed by atoms with E-state index in [2.05, 4.69) is 43.9 Å². The van der Waals surface area contributed by atoms with Crippen molar-refractivity contribution in [1.82, 2.24) is 4.90 Å². The molecule has 1 aliphatic heterocycles. The molecule has 0 saturated carbocycles. The van der Waals surface area contributed by atoms with E-state index in [4.69, 9.17) is 10.5 Å². The van der Waals surface area contributed by atoms with Crippen molar-refractivity contribution in [1.29, 1.82) is 0 Å². The number of hydrogen-bond acceptors (Lipinski definition) is 3. The summed E-state index contributed by atoms with van der Waals surface area (Å²) in [7, 11) is 0. The number of rotatable bonds is 6. The van der Waals surface area contributed by atoms with Crippen LogP contribution in [0.1, 0.15) is 43.7 Å². The van der Waals surface area contributed by atoms with Crippen LogP contribution in [0.4, 0.5) is 0 Å². The Morgan fingerprint density at radius 3 is 2.76 bits per heavy atom. The molecule has 2 N–H and O–H groups in total. The third-order valence-corrected chi connectivity index (χ3v) is 4.77. The minimum atomic E-state index is 0.565. The second-order valence-electron chi connectivity index (χ2n) is 6.36. The fourth-order valence-corrected chi connectivity index (χ4v) is 3.24. The number of hydrogen-bond donors (Lipinski definition) is 1. The van der Waals surface area contributed by atoms with E-state index in [-0.39, 0.29) is 0 Å². The molecule has 1 aromatic rings. The molecule has 3 nitrogen and oxygen atoms in total. The lowest BCUT2D eigenvalue weighted by molar-refractivity contribution is 0.0903. The minimum absolute atomic E-state index is 0.565. The number of nitrogens with zero attached hydrogens (tertiary/aromatic N) is 1. The van der Waals surface area contributed by atoms with Gasteiger partial charge in [0.1, 0.15) is 5.75 Å². The lowest BCUT2D eigenvalue weighted by atomic mass is 9.96. The zero-order chi connectivity index (χ0) is 15.2. The maximum atomic E-state index is 5.91. The van der Waals surface area contributed by atoms with Gasteiger partial charge >= 0.3 is 0 Å². The van der Waals surface area contributed by atoms with Gasteiger partial charge in [-0.15, -0.1) is 0 Å². The number of piperidine rings is 1. The quantitative estimate of drug-likeness (QED) is 0.817. The van der Waals surface area contributed by atoms with Gasteiger partial charge in [-0.2, -0.15) is 0 Å². The summed E-state index contributed by atoms with van der Waals surface area (Å²) in [4.78, 5) is 2.58. The van der Waals surface area contributed by atoms with Crippen molar-refractivity contribution in [2.45, 2.75) is 58.5 Å². The van der Waals surface area contributed by atoms with Crippen LogP contribution >= 0.6 is 0 Å². The van der Waals surface area contributed by atoms with Crippen LogP contribution in [-0.4, -0.2) is 36.7 Å². The maximum absolute atomic E-state index is 5.91. The Hall–Kier alpha value is -1.06. The van der Waals surface area contributed by atoms with Crippen molar-refractivity contribution < 1.29 is 4.74 Å². The SMILES string of the molecule is Cc1ccc(OCCCN2C(C)CCCC2CN)cc1C. The van der Waals surface area contributed by atoms with Gasteiger partial charge in [0.2, 0.25) is 0 Å². The molecule has 118 valence electrons. The summed E-state index contributed by atoms with van der Waals surface area (Å²) < 4.78 is 5.88. The second-order valence-corrected chi connectivity index (χ2v) is 6.36. The maximum Gasteiger partial charge on any atom is 0.119 e. The summed E-state index contributed by atoms with van der Waals surface area (Å²) in [6.45, 7) is 9.23. The summed E-state index contributed by atoms with van der Waals surface area (Å²) in [6.07, 6.45) is 4.93. The highest BCUT2D eigenvalue weighted by Crippen LogP contribution is 2.22. The normalized spacial score (nSPS) is 23.2. The van der Waals surface area contributed by atoms with Crippen LogP contribution in [0.3, 0.4) is 0 Å². The zero-order valence-corrected chi connectivity index (χ0v) is 13.8. The first-order valence-corrected chi connectivity index (χ1v) is 8.27. The van der Waals surface area contributed by atoms with E-state index < -0.39 is 0 Å². The Balaban J connectivity index is 1.76. The van der Waals surface area contributed by atoms with Crippen LogP contribution in [0.25, 0.3) is 0 Å². The van der Waals surface area contributed by atoms with Gasteiger partial charge in [0.15, 0.2) is 0 Å². The van der Waals surface area contributed by atoms with Gasteiger partial charge in [-0.1, -0.05) is 12.5 Å². The van der Waals surface area contributed by atoms with Crippen molar-refractivity contribution in [3.63, 3.8) is 0 Å². The molecular formula is C18H30N2O. The number of benzene rings is 1. The van der Waals surface area contributed by atoms with Crippen molar-refractivity contribution in [3.05, 3.63) is 29.3 Å². The molecule has 0 aromatic heterocycles. The van der Waals surface area contributed by atoms with Crippen molar-refractivity contribution in [3.8, 4) is 5.75 Å². The highest BCUT2D eigenvalue weighted by molar-refractivity contribution is 5.33. The Bertz CT molecular complexity index is 447. The Morgan fingerprint density at radius 1 is 1.24 bits per heavy atom. The van der Waals surface area contributed by atoms with Gasteiger partial charge < -0.3 is 10.5 Å². The van der Waals surface area contributed by atoms with Crippen LogP contribution in [0.15, 0.2) is 18.2 Å². The van der Waals surface area contributed by atoms with Gasteiger partial charge in [-0.05, 0) is 63.3 Å². The largest absolute Gasteiger partial charge is 0.494 e. The average Bonchev–Trinajstić information content (AvgIpc) is 2.48. The van der Waals surface area contributed by atoms with Crippen LogP contribution in [0, 0.1) is 13.8 Å². The fourth-order valence-electron chi connectivity index (χ4n) is 3.24. The Morgan fingerprint density at radius 2 is 2.05 bits per heavy atom. The summed E-state index contributed by atoms with van der Waals surface area (Å²) in [5.74, 6) is 0.986. The highest BCUT2D eigenvalue weighted by Gasteiger charge is 2.26. The van der Waals surface area contributed by atoms with E-state index in [1.165, 1.54) is 30.4 Å². The molecule has 0 radical (unpaired) electrons. The van der Waals surface area contributed by atoms with E-state index in [0.29, 0.717) is 12.1 Å². The topological polar surface area (TPSA) is 38.5 Å². The average molecular weight is 290 g/mol. The van der Waals surface area contributed by atoms with Gasteiger partial charge in [-0.3, -0.25) is 4.90 Å². The highest BCUT2D eigenvalue weighted by atomic mass is 16.5. The van der Waals surface area contributed by atoms with Gasteiger partial charge in [0, 0.05) is 25.2 Å². The smallest absolute Gasteiger partial charge is 0.119 e. The molecule has 1 aromatic carbocycles. The van der Waals surface area contributed by atoms with Crippen LogP contribution in [0.5, 0.6) is 5.75 Å². The predicted octanol–water partition coefficient (Wildman–Crippen LogP) is 3.27. The monoisotopic (exact) mass is 290 g/mol. The number of nitrogens with two attached hydrogens (primary N) is 1. The van der Waals surface area contributed by atoms with Crippen molar-refractivity contribution in [2.75, 3.05) is 19.7 Å². The Labute approximate surface area is 129 Å². The molecule has 1 saturated heterocycles. The third-order valence-electron chi connectivity index (χ3n) is 4.77. The summed E-state index contributed by atoms with van der Waals surface area (Å²) in [5, 5.41) is 0. The van der Waals surface area contributed by atoms with Gasteiger partial charge in [0.05, 0.1) is 6.61 Å². The molecule has 2 unspecified atom stereocenters. The predicted molar refractivity (Wildman–Crippen MR) is 88.9 cm³/mol. The number of aryl methyl sites for hydroxylation is 2. The molecule has 0 bridgehead atoms. The molecule has 1 aliphatic rings. The van der Waals surface area contributed by atoms with Gasteiger partial charge in [-0.25, -0.2) is 0 Å². The number of ether oxygens (including phenoxy) is 1. The zero-order valence-electron chi connectivity index (χ0n) is 13.8. The molecule has 21 heavy (non-hydrogen) atoms. The van der Waals surface area contributed by atoms with Crippen LogP contribution in [-0.2, 0) is 0 Å². The van der Waals surface area contributed by atoms with E-state index in [0.717, 1.165) is 31.9 Å². The minimum Gasteiger partial charge on any atom is -0.494 e. The molecule has 0 spiro atoms. The van der Waals surface area contributed by atoms with Crippen molar-refractivity contribution >= 4 is 0 Å². The van der Waals surface area contributed by atoms with E-state index in [9.17, 15) is 0 Å². The second kappa shape index (κ2) is 7.81. The fraction of sp³-hybridized carbons (Fsp3) is 0.667. The summed E-state index contributed by atoms with van der Waals surface area (Å²) >= 11 is 0.